The summed E-state index contributed by atoms with van der Waals surface area (Å²) in [7, 11) is 1.58. The average molecular weight is 331 g/mol. The Morgan fingerprint density at radius 3 is 2.92 bits per heavy atom. The summed E-state index contributed by atoms with van der Waals surface area (Å²) in [5.74, 6) is 5.05. The average Bonchev–Trinajstić information content (AvgIpc) is 2.59. The normalized spacial score (nSPS) is 11.9. The fourth-order valence-corrected chi connectivity index (χ4v) is 1.78. The van der Waals surface area contributed by atoms with Crippen LogP contribution in [0.4, 0.5) is 10.1 Å². The van der Waals surface area contributed by atoms with Crippen LogP contribution in [0.25, 0.3) is 0 Å². The molecule has 1 aromatic carbocycles. The second-order valence-electron chi connectivity index (χ2n) is 4.86. The van der Waals surface area contributed by atoms with E-state index < -0.39 is 0 Å². The van der Waals surface area contributed by atoms with Crippen LogP contribution in [-0.4, -0.2) is 35.6 Å². The lowest BCUT2D eigenvalue weighted by atomic mass is 10.2. The molecule has 8 heteroatoms. The topological polar surface area (TPSA) is 95.0 Å². The Hall–Kier alpha value is -2.87. The van der Waals surface area contributed by atoms with E-state index in [1.165, 1.54) is 12.3 Å². The van der Waals surface area contributed by atoms with Gasteiger partial charge >= 0.3 is 6.01 Å². The monoisotopic (exact) mass is 331 g/mol. The molecule has 0 unspecified atom stereocenters. The number of rotatable bonds is 7. The number of hydrogen-bond donors (Lipinski definition) is 1. The Morgan fingerprint density at radius 1 is 1.38 bits per heavy atom. The number of ether oxygens (including phenoxy) is 2. The summed E-state index contributed by atoms with van der Waals surface area (Å²) in [5.41, 5.74) is 2.19. The minimum Gasteiger partial charge on any atom is -0.457 e. The van der Waals surface area contributed by atoms with Gasteiger partial charge in [0.05, 0.1) is 24.2 Å². The molecule has 2 aromatic rings. The third-order valence-corrected chi connectivity index (χ3v) is 3.00. The first-order valence-corrected chi connectivity index (χ1v) is 7.13. The number of nitrogens with two attached hydrogens (primary N) is 1. The number of hydrazone groups is 1. The van der Waals surface area contributed by atoms with Crippen molar-refractivity contribution in [2.75, 3.05) is 13.7 Å². The Bertz CT molecular complexity index is 749. The third kappa shape index (κ3) is 5.10. The lowest BCUT2D eigenvalue weighted by Crippen LogP contribution is -2.16. The zero-order chi connectivity index (χ0) is 17.4. The van der Waals surface area contributed by atoms with Gasteiger partial charge in [0.15, 0.2) is 0 Å². The summed E-state index contributed by atoms with van der Waals surface area (Å²) in [5, 5.41) is 3.60. The van der Waals surface area contributed by atoms with E-state index in [0.29, 0.717) is 29.3 Å². The van der Waals surface area contributed by atoms with Crippen LogP contribution >= 0.6 is 0 Å². The Labute approximate surface area is 139 Å². The molecule has 0 aliphatic heterocycles. The molecule has 0 saturated heterocycles. The van der Waals surface area contributed by atoms with Gasteiger partial charge in [-0.15, -0.1) is 0 Å². The minimum absolute atomic E-state index is 0.0522. The van der Waals surface area contributed by atoms with Crippen LogP contribution in [0, 0.1) is 12.7 Å². The molecule has 0 aliphatic rings. The SMILES string of the molecule is COCc1ccnc(OCC(C=Nc2ccc(F)c(C)c2)=NN)n1. The molecular formula is C16H18FN5O2. The van der Waals surface area contributed by atoms with Gasteiger partial charge in [0.2, 0.25) is 0 Å². The Kier molecular flexibility index (Phi) is 6.32. The van der Waals surface area contributed by atoms with Gasteiger partial charge in [-0.3, -0.25) is 4.99 Å². The van der Waals surface area contributed by atoms with E-state index >= 15 is 0 Å². The van der Waals surface area contributed by atoms with Crippen molar-refractivity contribution in [3.05, 3.63) is 47.5 Å². The summed E-state index contributed by atoms with van der Waals surface area (Å²) in [6.07, 6.45) is 3.02. The van der Waals surface area contributed by atoms with Crippen molar-refractivity contribution in [3.63, 3.8) is 0 Å². The van der Waals surface area contributed by atoms with Crippen molar-refractivity contribution < 1.29 is 13.9 Å². The van der Waals surface area contributed by atoms with Crippen LogP contribution < -0.4 is 10.6 Å². The molecule has 7 nitrogen and oxygen atoms in total. The van der Waals surface area contributed by atoms with Crippen molar-refractivity contribution in [1.29, 1.82) is 0 Å². The second-order valence-corrected chi connectivity index (χ2v) is 4.86. The molecule has 0 radical (unpaired) electrons. The fraction of sp³-hybridized carbons (Fsp3) is 0.250. The molecule has 0 saturated carbocycles. The lowest BCUT2D eigenvalue weighted by molar-refractivity contribution is 0.180. The number of methoxy groups -OCH3 is 1. The van der Waals surface area contributed by atoms with Crippen molar-refractivity contribution in [2.45, 2.75) is 13.5 Å². The van der Waals surface area contributed by atoms with Gasteiger partial charge in [-0.2, -0.15) is 10.1 Å². The first-order chi connectivity index (χ1) is 11.6. The maximum atomic E-state index is 13.2. The molecule has 1 aromatic heterocycles. The van der Waals surface area contributed by atoms with Crippen LogP contribution in [-0.2, 0) is 11.3 Å². The van der Waals surface area contributed by atoms with Crippen molar-refractivity contribution >= 4 is 17.6 Å². The summed E-state index contributed by atoms with van der Waals surface area (Å²) >= 11 is 0. The Balaban J connectivity index is 1.98. The van der Waals surface area contributed by atoms with Crippen molar-refractivity contribution in [3.8, 4) is 6.01 Å². The maximum absolute atomic E-state index is 13.2. The predicted octanol–water partition coefficient (Wildman–Crippen LogP) is 2.17. The van der Waals surface area contributed by atoms with Gasteiger partial charge in [0, 0.05) is 13.3 Å². The molecule has 0 aliphatic carbocycles. The van der Waals surface area contributed by atoms with Crippen LogP contribution in [0.5, 0.6) is 6.01 Å². The van der Waals surface area contributed by atoms with Crippen molar-refractivity contribution in [1.82, 2.24) is 9.97 Å². The summed E-state index contributed by atoms with van der Waals surface area (Å²) in [6.45, 7) is 2.08. The van der Waals surface area contributed by atoms with Crippen LogP contribution in [0.2, 0.25) is 0 Å². The number of nitrogens with zero attached hydrogens (tertiary/aromatic N) is 4. The summed E-state index contributed by atoms with van der Waals surface area (Å²) in [6, 6.07) is 6.46. The molecular weight excluding hydrogens is 313 g/mol. The summed E-state index contributed by atoms with van der Waals surface area (Å²) < 4.78 is 23.7. The zero-order valence-corrected chi connectivity index (χ0v) is 13.4. The van der Waals surface area contributed by atoms with Crippen molar-refractivity contribution in [2.24, 2.45) is 15.9 Å². The number of hydrogen-bond acceptors (Lipinski definition) is 7. The first-order valence-electron chi connectivity index (χ1n) is 7.13. The Morgan fingerprint density at radius 2 is 2.21 bits per heavy atom. The van der Waals surface area contributed by atoms with E-state index in [-0.39, 0.29) is 18.4 Å². The van der Waals surface area contributed by atoms with Gasteiger partial charge in [-0.25, -0.2) is 9.37 Å². The minimum atomic E-state index is -0.280. The largest absolute Gasteiger partial charge is 0.457 e. The summed E-state index contributed by atoms with van der Waals surface area (Å²) in [4.78, 5) is 12.4. The molecule has 0 bridgehead atoms. The highest BCUT2D eigenvalue weighted by Gasteiger charge is 2.03. The predicted molar refractivity (Wildman–Crippen MR) is 89.2 cm³/mol. The maximum Gasteiger partial charge on any atom is 0.317 e. The zero-order valence-electron chi connectivity index (χ0n) is 13.4. The van der Waals surface area contributed by atoms with Gasteiger partial charge < -0.3 is 15.3 Å². The molecule has 0 spiro atoms. The van der Waals surface area contributed by atoms with Gasteiger partial charge in [-0.05, 0) is 36.8 Å². The van der Waals surface area contributed by atoms with Gasteiger partial charge in [0.25, 0.3) is 0 Å². The molecule has 1 heterocycles. The highest BCUT2D eigenvalue weighted by molar-refractivity contribution is 6.31. The third-order valence-electron chi connectivity index (χ3n) is 3.00. The second kappa shape index (κ2) is 8.68. The van der Waals surface area contributed by atoms with E-state index in [1.54, 1.807) is 38.4 Å². The number of aromatic nitrogens is 2. The lowest BCUT2D eigenvalue weighted by Gasteiger charge is -2.05. The molecule has 0 fully saturated rings. The molecule has 2 N–H and O–H groups in total. The van der Waals surface area contributed by atoms with E-state index in [9.17, 15) is 4.39 Å². The standard InChI is InChI=1S/C16H18FN5O2/c1-11-7-12(3-4-15(11)17)20-8-14(22-18)10-24-16-19-6-5-13(21-16)9-23-2/h3-8H,9-10,18H2,1-2H3. The number of aliphatic imine (C=N–C) groups is 1. The number of halogens is 1. The van der Waals surface area contributed by atoms with E-state index in [4.69, 9.17) is 15.3 Å². The highest BCUT2D eigenvalue weighted by atomic mass is 19.1. The van der Waals surface area contributed by atoms with E-state index in [1.807, 2.05) is 0 Å². The molecule has 24 heavy (non-hydrogen) atoms. The van der Waals surface area contributed by atoms with Crippen LogP contribution in [0.3, 0.4) is 0 Å². The van der Waals surface area contributed by atoms with E-state index in [0.717, 1.165) is 0 Å². The molecule has 0 amide bonds. The van der Waals surface area contributed by atoms with E-state index in [2.05, 4.69) is 20.1 Å². The van der Waals surface area contributed by atoms with Crippen LogP contribution in [0.1, 0.15) is 11.3 Å². The first kappa shape index (κ1) is 17.5. The molecule has 0 atom stereocenters. The van der Waals surface area contributed by atoms with Gasteiger partial charge in [-0.1, -0.05) is 0 Å². The van der Waals surface area contributed by atoms with Gasteiger partial charge in [0.1, 0.15) is 18.1 Å². The highest BCUT2D eigenvalue weighted by Crippen LogP contribution is 2.16. The quantitative estimate of drug-likeness (QED) is 0.476. The molecule has 2 rings (SSSR count). The van der Waals surface area contributed by atoms with Crippen LogP contribution in [0.15, 0.2) is 40.6 Å². The number of aryl methyl sites for hydroxylation is 1. The molecule has 126 valence electrons. The fourth-order valence-electron chi connectivity index (χ4n) is 1.78. The number of benzene rings is 1. The smallest absolute Gasteiger partial charge is 0.317 e.